The number of amides is 1. The van der Waals surface area contributed by atoms with E-state index in [2.05, 4.69) is 22.0 Å². The van der Waals surface area contributed by atoms with Crippen LogP contribution in [0.2, 0.25) is 0 Å². The number of rotatable bonds is 7. The number of halogens is 1. The van der Waals surface area contributed by atoms with E-state index in [0.29, 0.717) is 25.3 Å². The zero-order valence-corrected chi connectivity index (χ0v) is 15.1. The number of carbonyl (C=O) groups is 1. The third-order valence-corrected chi connectivity index (χ3v) is 4.44. The van der Waals surface area contributed by atoms with E-state index >= 15 is 0 Å². The minimum atomic E-state index is -0.130. The standard InChI is InChI=1S/C19H19BrN2O2/c1-15-12-17(8-9-18(15)20)24-14-19(23)22(11-5-10-21)13-16-6-3-2-4-7-16/h2-4,6-9,12H,5,11,13-14H2,1H3. The van der Waals surface area contributed by atoms with E-state index in [0.717, 1.165) is 15.6 Å². The third-order valence-electron chi connectivity index (χ3n) is 3.55. The van der Waals surface area contributed by atoms with Crippen LogP contribution in [0.15, 0.2) is 53.0 Å². The van der Waals surface area contributed by atoms with Gasteiger partial charge in [-0.1, -0.05) is 46.3 Å². The summed E-state index contributed by atoms with van der Waals surface area (Å²) in [4.78, 5) is 14.1. The molecule has 0 aliphatic carbocycles. The predicted molar refractivity (Wildman–Crippen MR) is 96.5 cm³/mol. The van der Waals surface area contributed by atoms with Crippen molar-refractivity contribution in [2.24, 2.45) is 0 Å². The zero-order valence-electron chi connectivity index (χ0n) is 13.5. The maximum atomic E-state index is 12.5. The quantitative estimate of drug-likeness (QED) is 0.720. The Kier molecular flexibility index (Phi) is 6.83. The van der Waals surface area contributed by atoms with Gasteiger partial charge in [-0.05, 0) is 36.2 Å². The molecule has 0 aromatic heterocycles. The highest BCUT2D eigenvalue weighted by Crippen LogP contribution is 2.21. The molecular weight excluding hydrogens is 368 g/mol. The smallest absolute Gasteiger partial charge is 0.260 e. The van der Waals surface area contributed by atoms with Crippen molar-refractivity contribution in [3.05, 3.63) is 64.1 Å². The minimum Gasteiger partial charge on any atom is -0.484 e. The molecule has 0 saturated heterocycles. The van der Waals surface area contributed by atoms with Crippen molar-refractivity contribution in [1.29, 1.82) is 5.26 Å². The van der Waals surface area contributed by atoms with Crippen molar-refractivity contribution >= 4 is 21.8 Å². The molecule has 0 unspecified atom stereocenters. The highest BCUT2D eigenvalue weighted by atomic mass is 79.9. The SMILES string of the molecule is Cc1cc(OCC(=O)N(CCC#N)Cc2ccccc2)ccc1Br. The molecule has 0 heterocycles. The summed E-state index contributed by atoms with van der Waals surface area (Å²) in [6, 6.07) is 17.4. The van der Waals surface area contributed by atoms with Crippen LogP contribution in [-0.4, -0.2) is 24.0 Å². The molecule has 2 aromatic carbocycles. The fourth-order valence-electron chi connectivity index (χ4n) is 2.22. The Morgan fingerprint density at radius 2 is 2.00 bits per heavy atom. The minimum absolute atomic E-state index is 0.0423. The highest BCUT2D eigenvalue weighted by Gasteiger charge is 2.14. The molecule has 0 spiro atoms. The molecule has 0 fully saturated rings. The van der Waals surface area contributed by atoms with Gasteiger partial charge in [-0.15, -0.1) is 0 Å². The van der Waals surface area contributed by atoms with Crippen LogP contribution in [0, 0.1) is 18.3 Å². The van der Waals surface area contributed by atoms with Gasteiger partial charge in [-0.3, -0.25) is 4.79 Å². The lowest BCUT2D eigenvalue weighted by Gasteiger charge is -2.22. The number of ether oxygens (including phenoxy) is 1. The van der Waals surface area contributed by atoms with Gasteiger partial charge in [0, 0.05) is 17.6 Å². The molecule has 2 rings (SSSR count). The molecule has 0 saturated carbocycles. The number of hydrogen-bond donors (Lipinski definition) is 0. The van der Waals surface area contributed by atoms with Crippen molar-refractivity contribution in [2.75, 3.05) is 13.2 Å². The lowest BCUT2D eigenvalue weighted by atomic mass is 10.2. The lowest BCUT2D eigenvalue weighted by Crippen LogP contribution is -2.35. The van der Waals surface area contributed by atoms with Crippen LogP contribution in [-0.2, 0) is 11.3 Å². The molecule has 1 amide bonds. The van der Waals surface area contributed by atoms with Crippen molar-refractivity contribution in [3.63, 3.8) is 0 Å². The van der Waals surface area contributed by atoms with Gasteiger partial charge in [0.1, 0.15) is 5.75 Å². The summed E-state index contributed by atoms with van der Waals surface area (Å²) in [5.74, 6) is 0.527. The second-order valence-corrected chi connectivity index (χ2v) is 6.26. The number of nitrogens with zero attached hydrogens (tertiary/aromatic N) is 2. The topological polar surface area (TPSA) is 53.3 Å². The number of nitriles is 1. The summed E-state index contributed by atoms with van der Waals surface area (Å²) in [7, 11) is 0. The van der Waals surface area contributed by atoms with Gasteiger partial charge < -0.3 is 9.64 Å². The van der Waals surface area contributed by atoms with Crippen molar-refractivity contribution in [3.8, 4) is 11.8 Å². The Morgan fingerprint density at radius 3 is 2.67 bits per heavy atom. The van der Waals surface area contributed by atoms with Gasteiger partial charge in [0.2, 0.25) is 0 Å². The van der Waals surface area contributed by atoms with Gasteiger partial charge >= 0.3 is 0 Å². The van der Waals surface area contributed by atoms with E-state index in [1.165, 1.54) is 0 Å². The largest absolute Gasteiger partial charge is 0.484 e. The van der Waals surface area contributed by atoms with Gasteiger partial charge in [-0.25, -0.2) is 0 Å². The molecule has 0 aliphatic rings. The highest BCUT2D eigenvalue weighted by molar-refractivity contribution is 9.10. The first kappa shape index (κ1) is 18.0. The van der Waals surface area contributed by atoms with E-state index in [1.807, 2.05) is 55.5 Å². The Balaban J connectivity index is 1.98. The lowest BCUT2D eigenvalue weighted by molar-refractivity contribution is -0.133. The summed E-state index contributed by atoms with van der Waals surface area (Å²) in [5.41, 5.74) is 2.08. The first-order valence-corrected chi connectivity index (χ1v) is 8.47. The summed E-state index contributed by atoms with van der Waals surface area (Å²) in [6.07, 6.45) is 0.302. The van der Waals surface area contributed by atoms with Crippen LogP contribution in [0.25, 0.3) is 0 Å². The fraction of sp³-hybridized carbons (Fsp3) is 0.263. The van der Waals surface area contributed by atoms with Crippen LogP contribution in [0.4, 0.5) is 0 Å². The molecule has 0 aliphatic heterocycles. The van der Waals surface area contributed by atoms with Crippen LogP contribution < -0.4 is 4.74 Å². The molecule has 24 heavy (non-hydrogen) atoms. The number of carbonyl (C=O) groups excluding carboxylic acids is 1. The van der Waals surface area contributed by atoms with Crippen LogP contribution in [0.1, 0.15) is 17.5 Å². The summed E-state index contributed by atoms with van der Waals surface area (Å²) in [6.45, 7) is 2.80. The van der Waals surface area contributed by atoms with E-state index < -0.39 is 0 Å². The normalized spacial score (nSPS) is 10.0. The van der Waals surface area contributed by atoms with Crippen LogP contribution in [0.3, 0.4) is 0 Å². The molecular formula is C19H19BrN2O2. The number of hydrogen-bond acceptors (Lipinski definition) is 3. The molecule has 5 heteroatoms. The zero-order chi connectivity index (χ0) is 17.4. The van der Waals surface area contributed by atoms with Gasteiger partial charge in [0.25, 0.3) is 5.91 Å². The maximum Gasteiger partial charge on any atom is 0.260 e. The molecule has 2 aromatic rings. The summed E-state index contributed by atoms with van der Waals surface area (Å²) in [5, 5.41) is 8.80. The molecule has 4 nitrogen and oxygen atoms in total. The van der Waals surface area contributed by atoms with Crippen LogP contribution in [0.5, 0.6) is 5.75 Å². The van der Waals surface area contributed by atoms with Crippen LogP contribution >= 0.6 is 15.9 Å². The Morgan fingerprint density at radius 1 is 1.25 bits per heavy atom. The number of aryl methyl sites for hydroxylation is 1. The first-order chi connectivity index (χ1) is 11.6. The molecule has 0 radical (unpaired) electrons. The molecule has 0 bridgehead atoms. The fourth-order valence-corrected chi connectivity index (χ4v) is 2.47. The predicted octanol–water partition coefficient (Wildman–Crippen LogP) is 4.08. The van der Waals surface area contributed by atoms with Gasteiger partial charge in [0.15, 0.2) is 6.61 Å². The third kappa shape index (κ3) is 5.39. The van der Waals surface area contributed by atoms with Gasteiger partial charge in [-0.2, -0.15) is 5.26 Å². The monoisotopic (exact) mass is 386 g/mol. The van der Waals surface area contributed by atoms with Crippen molar-refractivity contribution in [1.82, 2.24) is 4.90 Å². The summed E-state index contributed by atoms with van der Waals surface area (Å²) >= 11 is 3.44. The molecule has 0 atom stereocenters. The van der Waals surface area contributed by atoms with E-state index in [4.69, 9.17) is 10.00 Å². The van der Waals surface area contributed by atoms with Gasteiger partial charge in [0.05, 0.1) is 12.5 Å². The second kappa shape index (κ2) is 9.09. The van der Waals surface area contributed by atoms with E-state index in [-0.39, 0.29) is 12.5 Å². The van der Waals surface area contributed by atoms with E-state index in [9.17, 15) is 4.79 Å². The Labute approximate surface area is 150 Å². The number of benzene rings is 2. The second-order valence-electron chi connectivity index (χ2n) is 5.41. The van der Waals surface area contributed by atoms with E-state index in [1.54, 1.807) is 4.90 Å². The maximum absolute atomic E-state index is 12.5. The van der Waals surface area contributed by atoms with Crippen molar-refractivity contribution in [2.45, 2.75) is 19.9 Å². The molecule has 124 valence electrons. The first-order valence-electron chi connectivity index (χ1n) is 7.67. The Bertz CT molecular complexity index is 726. The summed E-state index contributed by atoms with van der Waals surface area (Å²) < 4.78 is 6.61. The average Bonchev–Trinajstić information content (AvgIpc) is 2.60. The van der Waals surface area contributed by atoms with Crippen molar-refractivity contribution < 1.29 is 9.53 Å². The Hall–Kier alpha value is -2.32. The average molecular weight is 387 g/mol. The molecule has 0 N–H and O–H groups in total.